The molecule has 37 heteroatoms. The molecule has 8 heterocycles. The van der Waals surface area contributed by atoms with Gasteiger partial charge in [-0.05, 0) is 165 Å². The number of benzene rings is 7. The molecule has 2 saturated heterocycles. The topological polar surface area (TPSA) is 419 Å². The Bertz CT molecular complexity index is 5880. The fourth-order valence-electron chi connectivity index (χ4n) is 16.5. The number of amides is 11. The van der Waals surface area contributed by atoms with E-state index in [4.69, 9.17) is 28.4 Å². The highest BCUT2D eigenvalue weighted by atomic mass is 19.1. The van der Waals surface area contributed by atoms with Crippen molar-refractivity contribution in [2.24, 2.45) is 10.8 Å². The van der Waals surface area contributed by atoms with Crippen LogP contribution in [0.4, 0.5) is 18.4 Å². The molecule has 0 spiro atoms. The third kappa shape index (κ3) is 25.3. The summed E-state index contributed by atoms with van der Waals surface area (Å²) < 4.78 is 67.5. The number of carbonyl (C=O) groups excluding carboxylic acids is 12. The lowest BCUT2D eigenvalue weighted by atomic mass is 9.85. The molecule has 2 fully saturated rings. The Kier molecular flexibility index (Phi) is 31.6. The molecule has 6 aliphatic heterocycles. The van der Waals surface area contributed by atoms with Gasteiger partial charge in [-0.25, -0.2) is 32.5 Å². The minimum Gasteiger partial charge on any atom is -0.491 e. The number of aromatic nitrogens is 6. The van der Waals surface area contributed by atoms with Crippen molar-refractivity contribution >= 4 is 92.9 Å². The highest BCUT2D eigenvalue weighted by Crippen LogP contribution is 2.37. The van der Waals surface area contributed by atoms with Crippen LogP contribution in [0.3, 0.4) is 0 Å². The average molecular weight is 1880 g/mol. The van der Waals surface area contributed by atoms with E-state index in [2.05, 4.69) is 57.8 Å². The van der Waals surface area contributed by atoms with Crippen LogP contribution in [0.5, 0.6) is 17.2 Å². The smallest absolute Gasteiger partial charge is 0.410 e. The van der Waals surface area contributed by atoms with Gasteiger partial charge < -0.3 is 75.4 Å². The third-order valence-electron chi connectivity index (χ3n) is 24.2. The van der Waals surface area contributed by atoms with Crippen molar-refractivity contribution in [2.75, 3.05) is 41.4 Å². The summed E-state index contributed by atoms with van der Waals surface area (Å²) in [4.78, 5) is 184. The van der Waals surface area contributed by atoms with Crippen molar-refractivity contribution in [3.05, 3.63) is 209 Å². The number of fused-ring (bicyclic) bond motifs is 2. The van der Waals surface area contributed by atoms with Crippen LogP contribution >= 0.6 is 0 Å². The zero-order valence-electron chi connectivity index (χ0n) is 79.8. The molecular formula is C99H121F2N17O18. The number of methoxy groups -OCH3 is 2. The van der Waals surface area contributed by atoms with Crippen LogP contribution < -0.4 is 51.4 Å². The minimum atomic E-state index is -1.57. The summed E-state index contributed by atoms with van der Waals surface area (Å²) in [7, 11) is 5.04. The number of ether oxygens (including phenoxy) is 6. The standard InChI is InChI=1S/C99H121F2N17O18/c1-56(113(15)94(129)135-98(9,10)11)84(119)107-82(96(3,4)5)91(126)115-41-39-77-79(115)89(124)104-74(49-60-27-33-63-23-19-21-25-65(63)43-60)87(122)103-73(86(121)102-51-62-45-71(100)81(131-17)72(101)46-62)47-58-29-35-69(36-30-58)133-54-67-52-118(112-109-67)78-40-42-116(92(127)83(97(6,7)8)108-85(120)57(2)114(16)95(130)136-99(12,13)14)80(78)90(125)105-75(50-61-28-34-64-24-20-22-26-66(64)44-61)88(123)106-76(93(128)132-18)48-59-31-37-70(38-32-59)134-55-68-53-117(77)111-110-68/h19-38,43-46,52-53,56-57,73-80,82-83H,39-42,47-51,54-55H2,1-18H3,(H,102,121)(H,103,122)(H,104,124)(H,105,125)(H,106,123)(H,107,119)(H,108,120). The molecular weight excluding hydrogens is 1750 g/mol. The second-order valence-corrected chi connectivity index (χ2v) is 38.8. The summed E-state index contributed by atoms with van der Waals surface area (Å²) in [5, 5.41) is 41.4. The van der Waals surface area contributed by atoms with E-state index in [-0.39, 0.29) is 87.5 Å². The Morgan fingerprint density at radius 3 is 1.27 bits per heavy atom. The summed E-state index contributed by atoms with van der Waals surface area (Å²) >= 11 is 0. The van der Waals surface area contributed by atoms with E-state index in [1.54, 1.807) is 144 Å². The van der Waals surface area contributed by atoms with Crippen LogP contribution in [0.15, 0.2) is 158 Å². The average Bonchev–Trinajstić information content (AvgIpc) is 1.63. The second-order valence-electron chi connectivity index (χ2n) is 38.8. The van der Waals surface area contributed by atoms with Gasteiger partial charge in [0.05, 0.1) is 38.7 Å². The summed E-state index contributed by atoms with van der Waals surface area (Å²) in [6, 6.07) is 24.8. The zero-order valence-corrected chi connectivity index (χ0v) is 79.8. The molecule has 12 unspecified atom stereocenters. The number of carbonyl (C=O) groups is 12. The van der Waals surface area contributed by atoms with Crippen molar-refractivity contribution in [3.63, 3.8) is 0 Å². The molecule has 8 bridgehead atoms. The Balaban J connectivity index is 0.923. The molecule has 9 aromatic rings. The van der Waals surface area contributed by atoms with E-state index in [1.807, 2.05) is 72.8 Å². The number of esters is 1. The van der Waals surface area contributed by atoms with Crippen molar-refractivity contribution < 1.29 is 94.7 Å². The maximum absolute atomic E-state index is 16.1. The van der Waals surface area contributed by atoms with Crippen molar-refractivity contribution in [3.8, 4) is 17.2 Å². The second kappa shape index (κ2) is 42.6. The number of halogens is 2. The maximum Gasteiger partial charge on any atom is 0.410 e. The lowest BCUT2D eigenvalue weighted by Gasteiger charge is -2.37. The Hall–Kier alpha value is -14.2. The molecule has 15 rings (SSSR count). The van der Waals surface area contributed by atoms with Gasteiger partial charge in [-0.3, -0.25) is 53.0 Å². The molecule has 7 N–H and O–H groups in total. The third-order valence-corrected chi connectivity index (χ3v) is 24.2. The first-order valence-electron chi connectivity index (χ1n) is 45.1. The van der Waals surface area contributed by atoms with Crippen LogP contribution in [0.2, 0.25) is 0 Å². The predicted molar refractivity (Wildman–Crippen MR) is 497 cm³/mol. The van der Waals surface area contributed by atoms with E-state index in [1.165, 1.54) is 59.5 Å². The predicted octanol–water partition coefficient (Wildman–Crippen LogP) is 9.19. The number of rotatable bonds is 17. The van der Waals surface area contributed by atoms with Crippen LogP contribution in [0.25, 0.3) is 21.5 Å². The molecule has 0 saturated carbocycles. The van der Waals surface area contributed by atoms with E-state index in [0.29, 0.717) is 28.0 Å². The quantitative estimate of drug-likeness (QED) is 0.0330. The fourth-order valence-corrected chi connectivity index (χ4v) is 16.5. The fraction of sp³-hybridized carbons (Fsp3) is 0.455. The van der Waals surface area contributed by atoms with Gasteiger partial charge in [-0.1, -0.05) is 161 Å². The van der Waals surface area contributed by atoms with Gasteiger partial charge >= 0.3 is 18.2 Å². The summed E-state index contributed by atoms with van der Waals surface area (Å²) in [5.74, 6) is -10.1. The van der Waals surface area contributed by atoms with Gasteiger partial charge in [0.1, 0.15) is 108 Å². The van der Waals surface area contributed by atoms with Crippen LogP contribution in [-0.2, 0) is 108 Å². The number of hydrogen-bond acceptors (Lipinski definition) is 22. The molecule has 2 aromatic heterocycles. The normalized spacial score (nSPS) is 19.8. The van der Waals surface area contributed by atoms with Crippen LogP contribution in [0, 0.1) is 22.5 Å². The van der Waals surface area contributed by atoms with Crippen molar-refractivity contribution in [2.45, 2.75) is 239 Å². The number of likely N-dealkylation sites (tertiary alicyclic amines) is 2. The summed E-state index contributed by atoms with van der Waals surface area (Å²) in [5.41, 5.74) is -1.40. The molecule has 136 heavy (non-hydrogen) atoms. The highest BCUT2D eigenvalue weighted by Gasteiger charge is 2.52. The van der Waals surface area contributed by atoms with Crippen LogP contribution in [-0.4, -0.2) is 234 Å². The first kappa shape index (κ1) is 101. The van der Waals surface area contributed by atoms with Gasteiger partial charge in [0.15, 0.2) is 17.4 Å². The monoisotopic (exact) mass is 1870 g/mol. The van der Waals surface area contributed by atoms with Gasteiger partial charge in [0, 0.05) is 59.4 Å². The molecule has 724 valence electrons. The number of likely N-dealkylation sites (N-methyl/N-ethyl adjacent to an activating group) is 2. The van der Waals surface area contributed by atoms with Gasteiger partial charge in [0.2, 0.25) is 53.2 Å². The maximum atomic E-state index is 16.1. The number of nitrogens with one attached hydrogen (secondary N) is 7. The Labute approximate surface area is 787 Å². The SMILES string of the molecule is COC(=O)C1Cc2ccc(cc2)OCc2cn(nn2)C2CCN(C(=O)C(NC(=O)C(C)N(C)C(=O)OC(C)(C)C)C(C)(C)C)C2C(=O)NC(Cc2ccc3ccccc3c2)C(=O)NC(C(=O)NCc2cc(F)c(OC)c(F)c2)Cc2ccc(cc2)OCc2cn(nn2)C2CCN(C(=O)C(NC(=O)C(C)N(C)C(=O)OC(C)(C)C)C(C)(C)C)C2C(=O)NC(Cc2ccc3ccccc3c2)C(=O)N1. The highest BCUT2D eigenvalue weighted by molar-refractivity contribution is 6.00. The molecule has 6 aliphatic rings. The van der Waals surface area contributed by atoms with Gasteiger partial charge in [0.25, 0.3) is 0 Å². The Morgan fingerprint density at radius 2 is 0.890 bits per heavy atom. The van der Waals surface area contributed by atoms with E-state index < -0.39 is 190 Å². The first-order chi connectivity index (χ1) is 64.2. The largest absolute Gasteiger partial charge is 0.491 e. The number of nitrogens with zero attached hydrogens (tertiary/aromatic N) is 10. The van der Waals surface area contributed by atoms with Gasteiger partial charge in [-0.2, -0.15) is 0 Å². The molecule has 35 nitrogen and oxygen atoms in total. The first-order valence-corrected chi connectivity index (χ1v) is 45.1. The molecule has 0 aliphatic carbocycles. The van der Waals surface area contributed by atoms with E-state index in [0.717, 1.165) is 57.7 Å². The van der Waals surface area contributed by atoms with E-state index in [9.17, 15) is 24.0 Å². The summed E-state index contributed by atoms with van der Waals surface area (Å²) in [6.07, 6.45) is 0.797. The molecule has 7 aromatic carbocycles. The zero-order chi connectivity index (χ0) is 98.7. The van der Waals surface area contributed by atoms with Gasteiger partial charge in [-0.15, -0.1) is 10.2 Å². The lowest BCUT2D eigenvalue weighted by Crippen LogP contribution is -2.62. The lowest BCUT2D eigenvalue weighted by molar-refractivity contribution is -0.146. The molecule has 12 atom stereocenters. The van der Waals surface area contributed by atoms with Crippen molar-refractivity contribution in [1.29, 1.82) is 0 Å². The Morgan fingerprint density at radius 1 is 0.500 bits per heavy atom. The molecule has 11 amide bonds. The number of hydrogen-bond donors (Lipinski definition) is 7. The van der Waals surface area contributed by atoms with E-state index >= 15 is 42.3 Å². The molecule has 0 radical (unpaired) electrons. The summed E-state index contributed by atoms with van der Waals surface area (Å²) in [6.45, 7) is 22.2. The van der Waals surface area contributed by atoms with Crippen LogP contribution in [0.1, 0.15) is 161 Å². The minimum absolute atomic E-state index is 0.00769. The van der Waals surface area contributed by atoms with Crippen molar-refractivity contribution in [1.82, 2.24) is 86.8 Å².